The monoisotopic (exact) mass is 641 g/mol. The second-order valence-electron chi connectivity index (χ2n) is 10.4. The predicted molar refractivity (Wildman–Crippen MR) is 178 cm³/mol. The van der Waals surface area contributed by atoms with Crippen molar-refractivity contribution in [2.45, 2.75) is 37.4 Å². The zero-order valence-corrected chi connectivity index (χ0v) is 26.4. The summed E-state index contributed by atoms with van der Waals surface area (Å²) >= 11 is 14.2. The summed E-state index contributed by atoms with van der Waals surface area (Å²) in [4.78, 5) is 18.7. The summed E-state index contributed by atoms with van der Waals surface area (Å²) in [6.45, 7) is 4.18. The van der Waals surface area contributed by atoms with Crippen LogP contribution in [-0.2, 0) is 17.2 Å². The highest BCUT2D eigenvalue weighted by Gasteiger charge is 2.34. The van der Waals surface area contributed by atoms with Crippen molar-refractivity contribution in [3.63, 3.8) is 0 Å². The van der Waals surface area contributed by atoms with Gasteiger partial charge < -0.3 is 15.4 Å². The number of hydrogen-bond donors (Lipinski definition) is 2. The Morgan fingerprint density at radius 1 is 0.932 bits per heavy atom. The van der Waals surface area contributed by atoms with Crippen molar-refractivity contribution in [3.8, 4) is 5.75 Å². The zero-order valence-electron chi connectivity index (χ0n) is 24.1. The molecule has 0 aliphatic carbocycles. The van der Waals surface area contributed by atoms with Crippen molar-refractivity contribution < 1.29 is 9.53 Å². The number of thioether (sulfide) groups is 1. The molecule has 44 heavy (non-hydrogen) atoms. The fraction of sp³-hybridized carbons (Fsp3) is 0.147. The quantitative estimate of drug-likeness (QED) is 0.157. The summed E-state index contributed by atoms with van der Waals surface area (Å²) in [6.07, 6.45) is 0. The molecular weight excluding hydrogens is 613 g/mol. The Morgan fingerprint density at radius 2 is 1.66 bits per heavy atom. The molecule has 6 rings (SSSR count). The van der Waals surface area contributed by atoms with E-state index in [1.807, 2.05) is 111 Å². The predicted octanol–water partition coefficient (Wildman–Crippen LogP) is 8.69. The average molecular weight is 643 g/mol. The summed E-state index contributed by atoms with van der Waals surface area (Å²) in [5, 5.41) is 13.2. The van der Waals surface area contributed by atoms with Gasteiger partial charge in [0.2, 0.25) is 11.1 Å². The molecule has 2 heterocycles. The number of nitrogens with zero attached hydrogens (tertiary/aromatic N) is 3. The molecule has 1 aliphatic heterocycles. The second-order valence-corrected chi connectivity index (χ2v) is 12.1. The lowest BCUT2D eigenvalue weighted by molar-refractivity contribution is -0.113. The molecule has 0 saturated heterocycles. The minimum Gasteiger partial charge on any atom is -0.489 e. The maximum absolute atomic E-state index is 13.9. The molecule has 5 aromatic rings. The number of aromatic nitrogens is 3. The minimum atomic E-state index is -0.568. The normalized spacial score (nSPS) is 14.1. The number of ether oxygens (including phenoxy) is 1. The lowest BCUT2D eigenvalue weighted by atomic mass is 9.94. The van der Waals surface area contributed by atoms with Crippen LogP contribution in [0.5, 0.6) is 5.75 Å². The first-order valence-electron chi connectivity index (χ1n) is 14.0. The molecule has 1 atom stereocenters. The van der Waals surface area contributed by atoms with Gasteiger partial charge in [-0.1, -0.05) is 95.6 Å². The van der Waals surface area contributed by atoms with E-state index >= 15 is 0 Å². The summed E-state index contributed by atoms with van der Waals surface area (Å²) in [6, 6.07) is 30.1. The van der Waals surface area contributed by atoms with Gasteiger partial charge in [0.1, 0.15) is 18.4 Å². The van der Waals surface area contributed by atoms with Crippen LogP contribution < -0.4 is 15.4 Å². The molecule has 1 amide bonds. The summed E-state index contributed by atoms with van der Waals surface area (Å²) in [7, 11) is 0. The summed E-state index contributed by atoms with van der Waals surface area (Å²) < 4.78 is 7.91. The number of amides is 1. The van der Waals surface area contributed by atoms with E-state index in [9.17, 15) is 4.79 Å². The highest BCUT2D eigenvalue weighted by Crippen LogP contribution is 2.38. The number of hydrogen-bond acceptors (Lipinski definition) is 6. The lowest BCUT2D eigenvalue weighted by Crippen LogP contribution is -2.31. The van der Waals surface area contributed by atoms with Crippen LogP contribution in [0.25, 0.3) is 0 Å². The lowest BCUT2D eigenvalue weighted by Gasteiger charge is -2.29. The number of fused-ring (bicyclic) bond motifs is 1. The van der Waals surface area contributed by atoms with E-state index in [1.54, 1.807) is 4.68 Å². The molecule has 222 valence electrons. The smallest absolute Gasteiger partial charge is 0.255 e. The largest absolute Gasteiger partial charge is 0.489 e. The van der Waals surface area contributed by atoms with Gasteiger partial charge in [0.15, 0.2) is 0 Å². The molecule has 0 fully saturated rings. The van der Waals surface area contributed by atoms with Gasteiger partial charge in [-0.25, -0.2) is 4.68 Å². The van der Waals surface area contributed by atoms with Crippen molar-refractivity contribution in [2.24, 2.45) is 0 Å². The molecule has 10 heteroatoms. The Labute approximate surface area is 270 Å². The molecule has 2 N–H and O–H groups in total. The van der Waals surface area contributed by atoms with Gasteiger partial charge in [0.05, 0.1) is 5.57 Å². The van der Waals surface area contributed by atoms with Crippen molar-refractivity contribution in [3.05, 3.63) is 141 Å². The molecular formula is C34H29Cl2N5O2S. The molecule has 0 bridgehead atoms. The Bertz CT molecular complexity index is 1870. The molecule has 1 aromatic heterocycles. The van der Waals surface area contributed by atoms with Gasteiger partial charge in [0.25, 0.3) is 5.91 Å². The SMILES string of the molecule is CC1=C(C(=O)Nc2cccc(C)c2)C(c2cccc(OCc3ccccc3Cl)c2)n2nc(SCc3ccccc3Cl)nc2N1. The van der Waals surface area contributed by atoms with Crippen LogP contribution in [0.4, 0.5) is 11.6 Å². The van der Waals surface area contributed by atoms with E-state index in [0.717, 1.165) is 22.3 Å². The number of rotatable bonds is 9. The van der Waals surface area contributed by atoms with Gasteiger partial charge in [-0.15, -0.1) is 5.10 Å². The Balaban J connectivity index is 1.34. The molecule has 0 saturated carbocycles. The number of carbonyl (C=O) groups is 1. The fourth-order valence-electron chi connectivity index (χ4n) is 5.02. The van der Waals surface area contributed by atoms with E-state index in [0.29, 0.717) is 56.2 Å². The molecule has 0 spiro atoms. The van der Waals surface area contributed by atoms with Crippen LogP contribution in [0.15, 0.2) is 113 Å². The topological polar surface area (TPSA) is 81.1 Å². The standard InChI is InChI=1S/C34H29Cl2N5O2S/c1-21-9-7-13-26(17-21)38-32(42)30-22(2)37-33-39-34(44-20-25-11-4-6-16-29(25)36)40-41(33)31(30)23-12-8-14-27(18-23)43-19-24-10-3-5-15-28(24)35/h3-18,31H,19-20H2,1-2H3,(H,38,42)(H,37,39,40). The maximum atomic E-state index is 13.9. The van der Waals surface area contributed by atoms with E-state index in [-0.39, 0.29) is 5.91 Å². The zero-order chi connectivity index (χ0) is 30.6. The number of nitrogens with one attached hydrogen (secondary N) is 2. The van der Waals surface area contributed by atoms with Crippen LogP contribution in [0.3, 0.4) is 0 Å². The number of anilines is 2. The number of allylic oxidation sites excluding steroid dienone is 1. The minimum absolute atomic E-state index is 0.237. The van der Waals surface area contributed by atoms with Gasteiger partial charge in [0, 0.05) is 32.7 Å². The van der Waals surface area contributed by atoms with E-state index < -0.39 is 6.04 Å². The third-order valence-corrected chi connectivity index (χ3v) is 8.82. The highest BCUT2D eigenvalue weighted by atomic mass is 35.5. The van der Waals surface area contributed by atoms with Gasteiger partial charge in [-0.05, 0) is 66.9 Å². The number of benzene rings is 4. The van der Waals surface area contributed by atoms with E-state index in [2.05, 4.69) is 10.6 Å². The second kappa shape index (κ2) is 13.2. The van der Waals surface area contributed by atoms with Gasteiger partial charge in [-0.2, -0.15) is 4.98 Å². The van der Waals surface area contributed by atoms with Crippen LogP contribution in [0.1, 0.15) is 35.2 Å². The van der Waals surface area contributed by atoms with Crippen LogP contribution in [0.2, 0.25) is 10.0 Å². The van der Waals surface area contributed by atoms with Crippen molar-refractivity contribution in [2.75, 3.05) is 10.6 Å². The molecule has 4 aromatic carbocycles. The Kier molecular flexibility index (Phi) is 8.93. The third kappa shape index (κ3) is 6.63. The molecule has 1 aliphatic rings. The van der Waals surface area contributed by atoms with Crippen molar-refractivity contribution in [1.82, 2.24) is 14.8 Å². The van der Waals surface area contributed by atoms with Gasteiger partial charge in [-0.3, -0.25) is 4.79 Å². The molecule has 1 unspecified atom stereocenters. The Hall–Kier alpha value is -4.24. The first kappa shape index (κ1) is 29.8. The van der Waals surface area contributed by atoms with E-state index in [4.69, 9.17) is 38.0 Å². The summed E-state index contributed by atoms with van der Waals surface area (Å²) in [5.74, 6) is 1.56. The van der Waals surface area contributed by atoms with E-state index in [1.165, 1.54) is 11.8 Å². The third-order valence-electron chi connectivity index (χ3n) is 7.19. The summed E-state index contributed by atoms with van der Waals surface area (Å²) in [5.41, 5.74) is 5.67. The number of halogens is 2. The first-order valence-corrected chi connectivity index (χ1v) is 15.7. The molecule has 0 radical (unpaired) electrons. The Morgan fingerprint density at radius 3 is 2.41 bits per heavy atom. The van der Waals surface area contributed by atoms with Crippen molar-refractivity contribution in [1.29, 1.82) is 0 Å². The van der Waals surface area contributed by atoms with Crippen molar-refractivity contribution >= 4 is 52.5 Å². The highest BCUT2D eigenvalue weighted by molar-refractivity contribution is 7.98. The maximum Gasteiger partial charge on any atom is 0.255 e. The fourth-order valence-corrected chi connectivity index (χ4v) is 6.33. The van der Waals surface area contributed by atoms with Gasteiger partial charge >= 0.3 is 0 Å². The van der Waals surface area contributed by atoms with Crippen LogP contribution in [-0.4, -0.2) is 20.7 Å². The van der Waals surface area contributed by atoms with Crippen LogP contribution >= 0.6 is 35.0 Å². The molecule has 7 nitrogen and oxygen atoms in total. The number of carbonyl (C=O) groups excluding carboxylic acids is 1. The number of aryl methyl sites for hydroxylation is 1. The first-order chi connectivity index (χ1) is 21.4. The van der Waals surface area contributed by atoms with Crippen LogP contribution in [0, 0.1) is 6.92 Å². The average Bonchev–Trinajstić information content (AvgIpc) is 3.42.